The second-order valence-electron chi connectivity index (χ2n) is 3.88. The van der Waals surface area contributed by atoms with Crippen molar-refractivity contribution in [1.82, 2.24) is 4.31 Å². The Kier molecular flexibility index (Phi) is 5.78. The fourth-order valence-corrected chi connectivity index (χ4v) is 3.70. The number of nitriles is 2. The molecule has 0 heterocycles. The molecule has 0 spiro atoms. The Morgan fingerprint density at radius 1 is 1.20 bits per heavy atom. The highest BCUT2D eigenvalue weighted by atomic mass is 35.5. The van der Waals surface area contributed by atoms with E-state index in [1.54, 1.807) is 6.07 Å². The Balaban J connectivity index is 3.23. The van der Waals surface area contributed by atoms with Crippen LogP contribution in [0.25, 0.3) is 0 Å². The van der Waals surface area contributed by atoms with Gasteiger partial charge < -0.3 is 5.73 Å². The molecule has 0 aliphatic heterocycles. The molecule has 0 unspecified atom stereocenters. The largest absolute Gasteiger partial charge is 0.398 e. The van der Waals surface area contributed by atoms with Crippen LogP contribution < -0.4 is 5.73 Å². The van der Waals surface area contributed by atoms with Gasteiger partial charge in [-0.25, -0.2) is 8.42 Å². The minimum atomic E-state index is -3.93. The molecule has 0 bridgehead atoms. The zero-order valence-electron chi connectivity index (χ0n) is 10.6. The molecular formula is C12H13ClN4O2S. The highest BCUT2D eigenvalue weighted by Crippen LogP contribution is 2.30. The third-order valence-corrected chi connectivity index (χ3v) is 4.98. The first kappa shape index (κ1) is 16.3. The smallest absolute Gasteiger partial charge is 0.246 e. The molecule has 0 amide bonds. The molecule has 8 heteroatoms. The molecule has 0 fully saturated rings. The van der Waals surface area contributed by atoms with E-state index in [1.165, 1.54) is 12.1 Å². The fraction of sp³-hybridized carbons (Fsp3) is 0.333. The summed E-state index contributed by atoms with van der Waals surface area (Å²) in [5.41, 5.74) is 5.72. The van der Waals surface area contributed by atoms with Gasteiger partial charge in [0.1, 0.15) is 4.90 Å². The molecule has 20 heavy (non-hydrogen) atoms. The summed E-state index contributed by atoms with van der Waals surface area (Å²) in [6.45, 7) is -0.0175. The monoisotopic (exact) mass is 312 g/mol. The number of halogens is 1. The number of benzene rings is 1. The van der Waals surface area contributed by atoms with Crippen molar-refractivity contribution in [1.29, 1.82) is 10.5 Å². The van der Waals surface area contributed by atoms with Crippen molar-refractivity contribution in [2.24, 2.45) is 0 Å². The van der Waals surface area contributed by atoms with Crippen LogP contribution in [-0.2, 0) is 10.0 Å². The average molecular weight is 313 g/mol. The maximum Gasteiger partial charge on any atom is 0.246 e. The summed E-state index contributed by atoms with van der Waals surface area (Å²) in [4.78, 5) is -0.183. The molecule has 1 aromatic carbocycles. The minimum Gasteiger partial charge on any atom is -0.398 e. The number of hydrogen-bond donors (Lipinski definition) is 1. The number of nitrogens with zero attached hydrogens (tertiary/aromatic N) is 3. The Hall–Kier alpha value is -1.80. The lowest BCUT2D eigenvalue weighted by atomic mass is 10.3. The lowest BCUT2D eigenvalue weighted by molar-refractivity contribution is 0.425. The topological polar surface area (TPSA) is 111 Å². The summed E-state index contributed by atoms with van der Waals surface area (Å²) in [6.07, 6.45) is 0.0457. The standard InChI is InChI=1S/C12H13ClN4O2S/c13-10-4-1-5-11(16)12(10)20(18,19)17(8-2-6-14)9-3-7-15/h1,4-5H,2-3,8-9,16H2. The van der Waals surface area contributed by atoms with Gasteiger partial charge in [-0.1, -0.05) is 17.7 Å². The number of hydrogen-bond acceptors (Lipinski definition) is 5. The molecular weight excluding hydrogens is 300 g/mol. The molecule has 106 valence electrons. The van der Waals surface area contributed by atoms with Gasteiger partial charge in [0.05, 0.1) is 22.8 Å². The molecule has 0 atom stereocenters. The molecule has 0 aliphatic rings. The molecule has 1 rings (SSSR count). The molecule has 2 N–H and O–H groups in total. The predicted molar refractivity (Wildman–Crippen MR) is 75.1 cm³/mol. The van der Waals surface area contributed by atoms with Gasteiger partial charge in [0.25, 0.3) is 0 Å². The van der Waals surface area contributed by atoms with Gasteiger partial charge in [0.15, 0.2) is 0 Å². The molecule has 0 aromatic heterocycles. The zero-order valence-corrected chi connectivity index (χ0v) is 12.2. The number of rotatable bonds is 6. The summed E-state index contributed by atoms with van der Waals surface area (Å²) in [5.74, 6) is 0. The SMILES string of the molecule is N#CCCN(CCC#N)S(=O)(=O)c1c(N)cccc1Cl. The first-order chi connectivity index (χ1) is 9.45. The summed E-state index contributed by atoms with van der Waals surface area (Å²) in [6, 6.07) is 8.16. The van der Waals surface area contributed by atoms with E-state index in [2.05, 4.69) is 0 Å². The van der Waals surface area contributed by atoms with Crippen molar-refractivity contribution in [3.8, 4) is 12.1 Å². The summed E-state index contributed by atoms with van der Waals surface area (Å²) in [5, 5.41) is 17.2. The van der Waals surface area contributed by atoms with Gasteiger partial charge in [-0.2, -0.15) is 14.8 Å². The van der Waals surface area contributed by atoms with E-state index in [-0.39, 0.29) is 41.5 Å². The molecule has 0 saturated heterocycles. The van der Waals surface area contributed by atoms with Crippen molar-refractivity contribution >= 4 is 27.3 Å². The Morgan fingerprint density at radius 3 is 2.20 bits per heavy atom. The third kappa shape index (κ3) is 3.61. The van der Waals surface area contributed by atoms with E-state index < -0.39 is 10.0 Å². The molecule has 0 saturated carbocycles. The maximum absolute atomic E-state index is 12.5. The highest BCUT2D eigenvalue weighted by Gasteiger charge is 2.28. The van der Waals surface area contributed by atoms with Crippen LogP contribution in [0.4, 0.5) is 5.69 Å². The lowest BCUT2D eigenvalue weighted by Gasteiger charge is -2.21. The zero-order chi connectivity index (χ0) is 15.2. The summed E-state index contributed by atoms with van der Waals surface area (Å²) in [7, 11) is -3.93. The first-order valence-electron chi connectivity index (χ1n) is 5.73. The van der Waals surface area contributed by atoms with Crippen LogP contribution >= 0.6 is 11.6 Å². The van der Waals surface area contributed by atoms with Gasteiger partial charge in [-0.15, -0.1) is 0 Å². The van der Waals surface area contributed by atoms with Gasteiger partial charge in [0, 0.05) is 25.9 Å². The molecule has 1 aromatic rings. The molecule has 0 aliphatic carbocycles. The average Bonchev–Trinajstić information content (AvgIpc) is 2.38. The second-order valence-corrected chi connectivity index (χ2v) is 6.16. The van der Waals surface area contributed by atoms with E-state index in [9.17, 15) is 8.42 Å². The van der Waals surface area contributed by atoms with Crippen LogP contribution in [-0.4, -0.2) is 25.8 Å². The predicted octanol–water partition coefficient (Wildman–Crippen LogP) is 1.74. The fourth-order valence-electron chi connectivity index (χ4n) is 1.63. The van der Waals surface area contributed by atoms with Crippen LogP contribution in [0.3, 0.4) is 0 Å². The van der Waals surface area contributed by atoms with Crippen LogP contribution in [0.1, 0.15) is 12.8 Å². The first-order valence-corrected chi connectivity index (χ1v) is 7.55. The van der Waals surface area contributed by atoms with E-state index in [4.69, 9.17) is 27.9 Å². The Labute approximate surface area is 123 Å². The maximum atomic E-state index is 12.5. The van der Waals surface area contributed by atoms with Crippen molar-refractivity contribution < 1.29 is 8.42 Å². The van der Waals surface area contributed by atoms with E-state index >= 15 is 0 Å². The molecule has 6 nitrogen and oxygen atoms in total. The van der Waals surface area contributed by atoms with Crippen molar-refractivity contribution in [2.75, 3.05) is 18.8 Å². The van der Waals surface area contributed by atoms with E-state index in [1.807, 2.05) is 12.1 Å². The Bertz CT molecular complexity index is 623. The third-order valence-electron chi connectivity index (χ3n) is 2.54. The van der Waals surface area contributed by atoms with Crippen LogP contribution in [0.2, 0.25) is 5.02 Å². The quantitative estimate of drug-likeness (QED) is 0.804. The van der Waals surface area contributed by atoms with Crippen LogP contribution in [0.15, 0.2) is 23.1 Å². The second kappa shape index (κ2) is 7.11. The summed E-state index contributed by atoms with van der Waals surface area (Å²) >= 11 is 5.91. The lowest BCUT2D eigenvalue weighted by Crippen LogP contribution is -2.33. The van der Waals surface area contributed by atoms with Crippen molar-refractivity contribution in [3.05, 3.63) is 23.2 Å². The number of nitrogens with two attached hydrogens (primary N) is 1. The van der Waals surface area contributed by atoms with Gasteiger partial charge in [-0.05, 0) is 12.1 Å². The number of nitrogen functional groups attached to an aromatic ring is 1. The minimum absolute atomic E-state index is 0.00875. The Morgan fingerprint density at radius 2 is 1.75 bits per heavy atom. The number of sulfonamides is 1. The summed E-state index contributed by atoms with van der Waals surface area (Å²) < 4.78 is 26.1. The van der Waals surface area contributed by atoms with Crippen LogP contribution in [0.5, 0.6) is 0 Å². The van der Waals surface area contributed by atoms with Crippen molar-refractivity contribution in [2.45, 2.75) is 17.7 Å². The van der Waals surface area contributed by atoms with Crippen molar-refractivity contribution in [3.63, 3.8) is 0 Å². The van der Waals surface area contributed by atoms with E-state index in [0.29, 0.717) is 0 Å². The molecule has 0 radical (unpaired) electrons. The van der Waals surface area contributed by atoms with Gasteiger partial charge in [-0.3, -0.25) is 0 Å². The van der Waals surface area contributed by atoms with Gasteiger partial charge >= 0.3 is 0 Å². The number of anilines is 1. The van der Waals surface area contributed by atoms with Gasteiger partial charge in [0.2, 0.25) is 10.0 Å². The van der Waals surface area contributed by atoms with Crippen LogP contribution in [0, 0.1) is 22.7 Å². The highest BCUT2D eigenvalue weighted by molar-refractivity contribution is 7.89. The van der Waals surface area contributed by atoms with E-state index in [0.717, 1.165) is 4.31 Å². The normalized spacial score (nSPS) is 11.0.